The Hall–Kier alpha value is -1.55. The average Bonchev–Trinajstić information content (AvgIpc) is 2.85. The minimum absolute atomic E-state index is 0.0975. The van der Waals surface area contributed by atoms with Gasteiger partial charge in [0.1, 0.15) is 0 Å². The Balaban J connectivity index is 1.58. The fourth-order valence-electron chi connectivity index (χ4n) is 3.54. The largest absolute Gasteiger partial charge is 0.398 e. The highest BCUT2D eigenvalue weighted by molar-refractivity contribution is 5.80. The Morgan fingerprint density at radius 3 is 2.95 bits per heavy atom. The number of nitrogen functional groups attached to an aromatic ring is 1. The van der Waals surface area contributed by atoms with E-state index in [1.807, 2.05) is 24.3 Å². The summed E-state index contributed by atoms with van der Waals surface area (Å²) in [4.78, 5) is 14.7. The number of fused-ring (bicyclic) bond motifs is 1. The Kier molecular flexibility index (Phi) is 3.92. The first-order chi connectivity index (χ1) is 9.74. The Morgan fingerprint density at radius 2 is 2.10 bits per heavy atom. The zero-order valence-corrected chi connectivity index (χ0v) is 11.8. The van der Waals surface area contributed by atoms with Gasteiger partial charge in [-0.2, -0.15) is 0 Å². The van der Waals surface area contributed by atoms with Gasteiger partial charge in [0.05, 0.1) is 6.42 Å². The molecule has 1 amide bonds. The minimum atomic E-state index is 0.0975. The second-order valence-electron chi connectivity index (χ2n) is 5.94. The van der Waals surface area contributed by atoms with Crippen molar-refractivity contribution in [3.63, 3.8) is 0 Å². The van der Waals surface area contributed by atoms with Gasteiger partial charge in [-0.15, -0.1) is 0 Å². The van der Waals surface area contributed by atoms with Crippen LogP contribution in [-0.4, -0.2) is 36.0 Å². The standard InChI is InChI=1S/C16H23N3O/c17-13-6-2-1-5-12(13)11-16(20)18-14-8-10-19-9-4-3-7-15(14)19/h1-2,5-6,14-15H,3-4,7-11,17H2,(H,18,20). The highest BCUT2D eigenvalue weighted by Gasteiger charge is 2.36. The monoisotopic (exact) mass is 273 g/mol. The molecular weight excluding hydrogens is 250 g/mol. The molecule has 4 nitrogen and oxygen atoms in total. The smallest absolute Gasteiger partial charge is 0.224 e. The molecule has 1 aromatic rings. The summed E-state index contributed by atoms with van der Waals surface area (Å²) in [6.45, 7) is 2.33. The third-order valence-corrected chi connectivity index (χ3v) is 4.61. The van der Waals surface area contributed by atoms with Crippen LogP contribution in [0.1, 0.15) is 31.2 Å². The first-order valence-electron chi connectivity index (χ1n) is 7.61. The van der Waals surface area contributed by atoms with Crippen LogP contribution in [0, 0.1) is 0 Å². The molecule has 0 radical (unpaired) electrons. The van der Waals surface area contributed by atoms with Gasteiger partial charge >= 0.3 is 0 Å². The van der Waals surface area contributed by atoms with E-state index in [9.17, 15) is 4.79 Å². The van der Waals surface area contributed by atoms with Crippen molar-refractivity contribution in [2.75, 3.05) is 18.8 Å². The summed E-state index contributed by atoms with van der Waals surface area (Å²) in [5.74, 6) is 0.0975. The number of nitrogens with zero attached hydrogens (tertiary/aromatic N) is 1. The number of nitrogens with two attached hydrogens (primary N) is 1. The summed E-state index contributed by atoms with van der Waals surface area (Å²) in [5.41, 5.74) is 7.52. The Morgan fingerprint density at radius 1 is 1.25 bits per heavy atom. The molecule has 20 heavy (non-hydrogen) atoms. The van der Waals surface area contributed by atoms with E-state index in [2.05, 4.69) is 10.2 Å². The molecule has 1 aromatic carbocycles. The normalized spacial score (nSPS) is 26.2. The number of hydrogen-bond donors (Lipinski definition) is 2. The van der Waals surface area contributed by atoms with E-state index >= 15 is 0 Å². The molecule has 2 aliphatic heterocycles. The lowest BCUT2D eigenvalue weighted by atomic mass is 9.98. The SMILES string of the molecule is Nc1ccccc1CC(=O)NC1CCN2CCCCC12. The number of nitrogens with one attached hydrogen (secondary N) is 1. The maximum atomic E-state index is 12.2. The molecule has 0 aliphatic carbocycles. The van der Waals surface area contributed by atoms with Crippen LogP contribution in [0.3, 0.4) is 0 Å². The summed E-state index contributed by atoms with van der Waals surface area (Å²) in [6.07, 6.45) is 5.28. The molecule has 3 rings (SSSR count). The van der Waals surface area contributed by atoms with E-state index in [1.165, 1.54) is 25.8 Å². The number of amides is 1. The van der Waals surface area contributed by atoms with E-state index in [0.717, 1.165) is 18.5 Å². The quantitative estimate of drug-likeness (QED) is 0.822. The molecule has 2 unspecified atom stereocenters. The summed E-state index contributed by atoms with van der Waals surface area (Å²) in [7, 11) is 0. The lowest BCUT2D eigenvalue weighted by molar-refractivity contribution is -0.121. The zero-order chi connectivity index (χ0) is 13.9. The lowest BCUT2D eigenvalue weighted by Crippen LogP contribution is -2.47. The summed E-state index contributed by atoms with van der Waals surface area (Å²) in [5, 5.41) is 3.22. The van der Waals surface area contributed by atoms with Crippen molar-refractivity contribution in [1.82, 2.24) is 10.2 Å². The number of hydrogen-bond acceptors (Lipinski definition) is 3. The highest BCUT2D eigenvalue weighted by Crippen LogP contribution is 2.27. The molecule has 4 heteroatoms. The maximum absolute atomic E-state index is 12.2. The number of rotatable bonds is 3. The van der Waals surface area contributed by atoms with Crippen LogP contribution < -0.4 is 11.1 Å². The number of piperidine rings is 1. The molecule has 0 spiro atoms. The fourth-order valence-corrected chi connectivity index (χ4v) is 3.54. The van der Waals surface area contributed by atoms with Crippen molar-refractivity contribution in [2.45, 2.75) is 44.2 Å². The van der Waals surface area contributed by atoms with Crippen LogP contribution in [0.2, 0.25) is 0 Å². The third-order valence-electron chi connectivity index (χ3n) is 4.61. The molecule has 0 saturated carbocycles. The van der Waals surface area contributed by atoms with Crippen LogP contribution in [-0.2, 0) is 11.2 Å². The topological polar surface area (TPSA) is 58.4 Å². The predicted molar refractivity (Wildman–Crippen MR) is 80.3 cm³/mol. The molecule has 2 saturated heterocycles. The molecular formula is C16H23N3O. The third kappa shape index (κ3) is 2.80. The number of benzene rings is 1. The van der Waals surface area contributed by atoms with Crippen molar-refractivity contribution < 1.29 is 4.79 Å². The van der Waals surface area contributed by atoms with E-state index in [4.69, 9.17) is 5.73 Å². The second kappa shape index (κ2) is 5.83. The molecule has 2 atom stereocenters. The van der Waals surface area contributed by atoms with Crippen LogP contribution in [0.25, 0.3) is 0 Å². The van der Waals surface area contributed by atoms with Gasteiger partial charge < -0.3 is 11.1 Å². The number of para-hydroxylation sites is 1. The molecule has 0 aromatic heterocycles. The van der Waals surface area contributed by atoms with E-state index < -0.39 is 0 Å². The van der Waals surface area contributed by atoms with E-state index in [1.54, 1.807) is 0 Å². The molecule has 2 heterocycles. The van der Waals surface area contributed by atoms with Crippen molar-refractivity contribution in [1.29, 1.82) is 0 Å². The van der Waals surface area contributed by atoms with Gasteiger partial charge in [-0.1, -0.05) is 24.6 Å². The Labute approximate surface area is 120 Å². The van der Waals surface area contributed by atoms with Crippen LogP contribution in [0.4, 0.5) is 5.69 Å². The zero-order valence-electron chi connectivity index (χ0n) is 11.8. The molecule has 3 N–H and O–H groups in total. The number of carbonyl (C=O) groups excluding carboxylic acids is 1. The number of anilines is 1. The van der Waals surface area contributed by atoms with Crippen molar-refractivity contribution >= 4 is 11.6 Å². The van der Waals surface area contributed by atoms with Crippen LogP contribution in [0.15, 0.2) is 24.3 Å². The first-order valence-corrected chi connectivity index (χ1v) is 7.61. The van der Waals surface area contributed by atoms with Crippen molar-refractivity contribution in [3.05, 3.63) is 29.8 Å². The summed E-state index contributed by atoms with van der Waals surface area (Å²) >= 11 is 0. The van der Waals surface area contributed by atoms with Gasteiger partial charge in [0.2, 0.25) is 5.91 Å². The maximum Gasteiger partial charge on any atom is 0.224 e. The molecule has 0 bridgehead atoms. The molecule has 2 fully saturated rings. The Bertz CT molecular complexity index is 488. The lowest BCUT2D eigenvalue weighted by Gasteiger charge is -2.32. The summed E-state index contributed by atoms with van der Waals surface area (Å²) < 4.78 is 0. The number of carbonyl (C=O) groups is 1. The highest BCUT2D eigenvalue weighted by atomic mass is 16.1. The van der Waals surface area contributed by atoms with Crippen molar-refractivity contribution in [2.24, 2.45) is 0 Å². The van der Waals surface area contributed by atoms with Crippen molar-refractivity contribution in [3.8, 4) is 0 Å². The van der Waals surface area contributed by atoms with E-state index in [0.29, 0.717) is 24.2 Å². The van der Waals surface area contributed by atoms with Gasteiger partial charge in [0.15, 0.2) is 0 Å². The van der Waals surface area contributed by atoms with E-state index in [-0.39, 0.29) is 5.91 Å². The second-order valence-corrected chi connectivity index (χ2v) is 5.94. The first kappa shape index (κ1) is 13.4. The fraction of sp³-hybridized carbons (Fsp3) is 0.562. The summed E-state index contributed by atoms with van der Waals surface area (Å²) in [6, 6.07) is 8.48. The van der Waals surface area contributed by atoms with Crippen LogP contribution in [0.5, 0.6) is 0 Å². The predicted octanol–water partition coefficient (Wildman–Crippen LogP) is 1.55. The van der Waals surface area contributed by atoms with Crippen LogP contribution >= 0.6 is 0 Å². The molecule has 2 aliphatic rings. The van der Waals surface area contributed by atoms with Gasteiger partial charge in [-0.25, -0.2) is 0 Å². The molecule has 108 valence electrons. The van der Waals surface area contributed by atoms with Gasteiger partial charge in [-0.05, 0) is 37.4 Å². The average molecular weight is 273 g/mol. The van der Waals surface area contributed by atoms with Gasteiger partial charge in [0.25, 0.3) is 0 Å². The van der Waals surface area contributed by atoms with Gasteiger partial charge in [-0.3, -0.25) is 9.69 Å². The van der Waals surface area contributed by atoms with Gasteiger partial charge in [0, 0.05) is 24.3 Å². The minimum Gasteiger partial charge on any atom is -0.398 e.